The maximum absolute atomic E-state index is 15.6. The highest BCUT2D eigenvalue weighted by atomic mass is 31.2. The second-order valence-corrected chi connectivity index (χ2v) is 33.9. The maximum Gasteiger partial charge on any atom is 0.368 e. The van der Waals surface area contributed by atoms with Gasteiger partial charge in [-0.05, 0) is 123 Å². The lowest BCUT2D eigenvalue weighted by atomic mass is 9.91. The summed E-state index contributed by atoms with van der Waals surface area (Å²) < 4.78 is 32.0. The Morgan fingerprint density at radius 1 is 0.473 bits per heavy atom. The van der Waals surface area contributed by atoms with Crippen LogP contribution in [0.25, 0.3) is 6.08 Å². The minimum absolute atomic E-state index is 0.0253. The van der Waals surface area contributed by atoms with Gasteiger partial charge in [-0.3, -0.25) is 57.3 Å². The fourth-order valence-electron chi connectivity index (χ4n) is 13.2. The summed E-state index contributed by atoms with van der Waals surface area (Å²) in [6.07, 6.45) is 2.12. The smallest absolute Gasteiger partial charge is 0.368 e. The predicted molar refractivity (Wildman–Crippen MR) is 425 cm³/mol. The highest BCUT2D eigenvalue weighted by Crippen LogP contribution is 2.50. The van der Waals surface area contributed by atoms with E-state index in [1.54, 1.807) is 78.0 Å². The quantitative estimate of drug-likeness (QED) is 0.0497. The van der Waals surface area contributed by atoms with E-state index in [0.717, 1.165) is 20.9 Å². The fraction of sp³-hybridized carbons (Fsp3) is 0.622. The first-order valence-electron chi connectivity index (χ1n) is 38.6. The summed E-state index contributed by atoms with van der Waals surface area (Å²) in [5.41, 5.74) is 2.30. The molecule has 0 bridgehead atoms. The van der Waals surface area contributed by atoms with Crippen LogP contribution in [0.15, 0.2) is 91.0 Å². The summed E-state index contributed by atoms with van der Waals surface area (Å²) in [5.74, 6) is -10.1. The molecule has 1 saturated heterocycles. The molecule has 612 valence electrons. The molecule has 1 aliphatic heterocycles. The highest BCUT2D eigenvalue weighted by molar-refractivity contribution is 7.53. The number of allylic oxidation sites excluding steroid dienone is 1. The number of hydrogen-bond donors (Lipinski definition) is 5. The summed E-state index contributed by atoms with van der Waals surface area (Å²) >= 11 is 0. The summed E-state index contributed by atoms with van der Waals surface area (Å²) in [4.78, 5) is 171. The molecule has 0 saturated carbocycles. The lowest BCUT2D eigenvalue weighted by molar-refractivity contribution is -0.157. The van der Waals surface area contributed by atoms with Crippen molar-refractivity contribution in [2.24, 2.45) is 41.4 Å². The van der Waals surface area contributed by atoms with Crippen molar-refractivity contribution in [3.63, 3.8) is 0 Å². The molecule has 27 nitrogen and oxygen atoms in total. The lowest BCUT2D eigenvalue weighted by Crippen LogP contribution is -2.63. The van der Waals surface area contributed by atoms with Gasteiger partial charge in [-0.2, -0.15) is 0 Å². The normalized spacial score (nSPS) is 23.5. The molecule has 0 aliphatic carbocycles. The van der Waals surface area contributed by atoms with Gasteiger partial charge < -0.3 is 74.5 Å². The van der Waals surface area contributed by atoms with Gasteiger partial charge in [-0.1, -0.05) is 182 Å². The molecule has 3 aromatic rings. The van der Waals surface area contributed by atoms with Crippen LogP contribution in [0, 0.1) is 41.4 Å². The zero-order chi connectivity index (χ0) is 82.9. The minimum atomic E-state index is -3.82. The van der Waals surface area contributed by atoms with E-state index in [1.807, 2.05) is 116 Å². The van der Waals surface area contributed by atoms with Gasteiger partial charge in [-0.25, -0.2) is 0 Å². The Morgan fingerprint density at radius 2 is 0.909 bits per heavy atom. The molecule has 1 fully saturated rings. The van der Waals surface area contributed by atoms with Crippen LogP contribution >= 0.6 is 7.60 Å². The number of carbonyl (C=O) groups excluding carboxylic acids is 11. The number of carbonyl (C=O) groups is 11. The van der Waals surface area contributed by atoms with E-state index >= 15 is 19.2 Å². The first-order chi connectivity index (χ1) is 51.5. The number of ether oxygens (including phenoxy) is 1. The topological polar surface area (TPSA) is 324 Å². The zero-order valence-electron chi connectivity index (χ0n) is 69.3. The van der Waals surface area contributed by atoms with Gasteiger partial charge >= 0.3 is 7.60 Å². The fourth-order valence-corrected chi connectivity index (χ4v) is 14.4. The number of likely N-dealkylation sites (N-methyl/N-ethyl adjacent to an activating group) is 7. The summed E-state index contributed by atoms with van der Waals surface area (Å²) in [5, 5.41) is 23.7. The summed E-state index contributed by atoms with van der Waals surface area (Å²) in [6.45, 7) is 27.4. The maximum atomic E-state index is 15.6. The monoisotopic (exact) mass is 1550 g/mol. The molecule has 0 aromatic heterocycles. The van der Waals surface area contributed by atoms with Crippen LogP contribution in [0.4, 0.5) is 0 Å². The molecular formula is C82H128N11O16P. The van der Waals surface area contributed by atoms with Crippen molar-refractivity contribution >= 4 is 78.7 Å². The van der Waals surface area contributed by atoms with E-state index < -0.39 is 163 Å². The molecule has 5 N–H and O–H groups in total. The Morgan fingerprint density at radius 3 is 1.38 bits per heavy atom. The number of benzene rings is 3. The van der Waals surface area contributed by atoms with Crippen molar-refractivity contribution in [3.05, 3.63) is 108 Å². The number of aliphatic hydroxyl groups excluding tert-OH is 1. The van der Waals surface area contributed by atoms with E-state index in [-0.39, 0.29) is 81.8 Å². The molecule has 110 heavy (non-hydrogen) atoms. The van der Waals surface area contributed by atoms with Crippen molar-refractivity contribution in [2.45, 2.75) is 229 Å². The Labute approximate surface area is 653 Å². The summed E-state index contributed by atoms with van der Waals surface area (Å²) in [6, 6.07) is 12.6. The van der Waals surface area contributed by atoms with Gasteiger partial charge in [-0.15, -0.1) is 0 Å². The third kappa shape index (κ3) is 27.4. The van der Waals surface area contributed by atoms with Crippen LogP contribution < -0.4 is 26.0 Å². The van der Waals surface area contributed by atoms with Crippen molar-refractivity contribution in [2.75, 3.05) is 62.2 Å². The van der Waals surface area contributed by atoms with E-state index in [0.29, 0.717) is 11.3 Å². The molecule has 1 aliphatic rings. The molecule has 0 spiro atoms. The van der Waals surface area contributed by atoms with Gasteiger partial charge in [0.1, 0.15) is 66.2 Å². The van der Waals surface area contributed by atoms with Crippen LogP contribution in [-0.2, 0) is 79.6 Å². The van der Waals surface area contributed by atoms with E-state index in [2.05, 4.69) is 21.3 Å². The van der Waals surface area contributed by atoms with Crippen LogP contribution in [0.5, 0.6) is 5.75 Å². The Balaban J connectivity index is 1.83. The molecule has 0 unspecified atom stereocenters. The third-order valence-corrected chi connectivity index (χ3v) is 21.5. The Hall–Kier alpha value is -8.52. The van der Waals surface area contributed by atoms with E-state index in [1.165, 1.54) is 87.7 Å². The highest BCUT2D eigenvalue weighted by Gasteiger charge is 2.46. The Kier molecular flexibility index (Phi) is 37.5. The third-order valence-electron chi connectivity index (χ3n) is 20.0. The molecule has 4 rings (SSSR count). The van der Waals surface area contributed by atoms with Crippen LogP contribution in [-0.4, -0.2) is 233 Å². The average Bonchev–Trinajstić information content (AvgIpc) is 0.797. The van der Waals surface area contributed by atoms with E-state index in [9.17, 15) is 43.2 Å². The molecule has 3 aromatic carbocycles. The van der Waals surface area contributed by atoms with Gasteiger partial charge in [0.2, 0.25) is 65.0 Å². The van der Waals surface area contributed by atoms with Crippen molar-refractivity contribution in [1.29, 1.82) is 0 Å². The number of nitrogens with zero attached hydrogens (tertiary/aromatic N) is 7. The van der Waals surface area contributed by atoms with Crippen LogP contribution in [0.1, 0.15) is 166 Å². The van der Waals surface area contributed by atoms with Crippen molar-refractivity contribution < 1.29 is 76.2 Å². The second-order valence-electron chi connectivity index (χ2n) is 31.9. The number of hydrogen-bond acceptors (Lipinski definition) is 16. The molecule has 1 heterocycles. The number of aliphatic hydroxyl groups is 1. The number of rotatable bonds is 25. The SMILES string of the molecule is CC[C@@H]1NC(=O)[C@H]([C@H](O)[C@H](C)C/C=C/c2ccc(OCP(=O)(OCc3ccccc3)OCc3ccccc3)cc2)N(C)C(=O)[C@H](C(C)C)N(C)C(=O)[C@H](CC(C)C)N(C)C(=O)[C@H](CC(C)C)N(C)C(=O)[C@@H](C)NC(=O)[C@H](C)NC(=O)[C@H](CC(C)C)N(C)C(=O)[C@H](C(C)C)NC(=O)[C@H](CC(C)C)N(C)C(=O)CN(C)C1=O. The molecule has 0 radical (unpaired) electrons. The predicted octanol–water partition coefficient (Wildman–Crippen LogP) is 8.37. The van der Waals surface area contributed by atoms with Crippen LogP contribution in [0.3, 0.4) is 0 Å². The number of nitrogens with one attached hydrogen (secondary N) is 4. The first kappa shape index (κ1) is 93.9. The minimum Gasteiger partial charge on any atom is -0.481 e. The number of amides is 11. The standard InChI is InChI=1S/C82H128N11O16P/c1-24-63-78(101)87(17)46-68(94)88(18)64(42-50(2)3)75(98)86-69(54(10)11)81(104)89(19)65(43-51(4)5)74(97)83-57(15)73(96)84-58(16)77(100)90(20)66(44-52(6)7)79(102)91(21)67(45-53(8)9)80(103)92(22)70(55(12)13)82(105)93(23)71(76(99)85-63)72(95)56(14)32-31-37-59-38-40-62(41-39-59)107-49-110(106,108-47-60-33-27-25-28-34-60)109-48-61-35-29-26-30-36-61/h25-31,33-41,50-58,63-67,69-72,95H,24,32,42-49H2,1-23H3,(H,83,97)(H,84,96)(H,85,99)(H,86,98)/b37-31+/t56-,57+,58-,63+,64+,65+,66+,67+,69+,70+,71+,72-/m1/s1. The van der Waals surface area contributed by atoms with Gasteiger partial charge in [0.25, 0.3) is 0 Å². The molecule has 11 amide bonds. The van der Waals surface area contributed by atoms with Gasteiger partial charge in [0.05, 0.1) is 25.9 Å². The molecule has 12 atom stereocenters. The van der Waals surface area contributed by atoms with Gasteiger partial charge in [0.15, 0.2) is 6.35 Å². The van der Waals surface area contributed by atoms with Gasteiger partial charge in [0, 0.05) is 49.3 Å². The van der Waals surface area contributed by atoms with E-state index in [4.69, 9.17) is 13.8 Å². The molecule has 28 heteroatoms. The average molecular weight is 1550 g/mol. The second kappa shape index (κ2) is 43.9. The lowest BCUT2D eigenvalue weighted by Gasteiger charge is -2.41. The Bertz CT molecular complexity index is 3570. The first-order valence-corrected chi connectivity index (χ1v) is 40.3. The molecular weight excluding hydrogens is 1430 g/mol. The van der Waals surface area contributed by atoms with Crippen molar-refractivity contribution in [3.8, 4) is 5.75 Å². The van der Waals surface area contributed by atoms with Crippen molar-refractivity contribution in [1.82, 2.24) is 55.6 Å². The summed E-state index contributed by atoms with van der Waals surface area (Å²) in [7, 11) is 6.01. The van der Waals surface area contributed by atoms with Crippen LogP contribution in [0.2, 0.25) is 0 Å². The zero-order valence-corrected chi connectivity index (χ0v) is 70.2. The largest absolute Gasteiger partial charge is 0.481 e.